The molecule has 1 fully saturated rings. The highest BCUT2D eigenvalue weighted by Crippen LogP contribution is 2.13. The SMILES string of the molecule is CNCC(=O)NC1CC(=O)N(C(C)C)C1.Cl. The van der Waals surface area contributed by atoms with Crippen LogP contribution < -0.4 is 10.6 Å². The Morgan fingerprint density at radius 3 is 2.62 bits per heavy atom. The lowest BCUT2D eigenvalue weighted by molar-refractivity contribution is -0.129. The Hall–Kier alpha value is -0.810. The number of likely N-dealkylation sites (N-methyl/N-ethyl adjacent to an activating group) is 1. The van der Waals surface area contributed by atoms with E-state index in [2.05, 4.69) is 10.6 Å². The van der Waals surface area contributed by atoms with Crippen molar-refractivity contribution in [3.05, 3.63) is 0 Å². The number of likely N-dealkylation sites (tertiary alicyclic amines) is 1. The maximum Gasteiger partial charge on any atom is 0.234 e. The Morgan fingerprint density at radius 2 is 2.19 bits per heavy atom. The average Bonchev–Trinajstić information content (AvgIpc) is 2.47. The van der Waals surface area contributed by atoms with Gasteiger partial charge in [-0.25, -0.2) is 0 Å². The van der Waals surface area contributed by atoms with E-state index >= 15 is 0 Å². The fourth-order valence-corrected chi connectivity index (χ4v) is 1.77. The molecule has 94 valence electrons. The second kappa shape index (κ2) is 6.70. The quantitative estimate of drug-likeness (QED) is 0.723. The van der Waals surface area contributed by atoms with E-state index in [0.29, 0.717) is 19.5 Å². The molecule has 1 rings (SSSR count). The second-order valence-electron chi connectivity index (χ2n) is 4.14. The van der Waals surface area contributed by atoms with Crippen molar-refractivity contribution < 1.29 is 9.59 Å². The number of carbonyl (C=O) groups is 2. The predicted molar refractivity (Wildman–Crippen MR) is 64.6 cm³/mol. The maximum atomic E-state index is 11.5. The van der Waals surface area contributed by atoms with E-state index in [9.17, 15) is 9.59 Å². The van der Waals surface area contributed by atoms with Gasteiger partial charge < -0.3 is 15.5 Å². The molecule has 1 saturated heterocycles. The molecule has 1 atom stereocenters. The Balaban J connectivity index is 0.00000225. The molecule has 5 nitrogen and oxygen atoms in total. The Kier molecular flexibility index (Phi) is 6.36. The third-order valence-electron chi connectivity index (χ3n) is 2.48. The first-order valence-electron chi connectivity index (χ1n) is 5.28. The van der Waals surface area contributed by atoms with Crippen molar-refractivity contribution in [2.24, 2.45) is 0 Å². The summed E-state index contributed by atoms with van der Waals surface area (Å²) in [4.78, 5) is 24.6. The first-order chi connectivity index (χ1) is 7.04. The van der Waals surface area contributed by atoms with Gasteiger partial charge in [0.15, 0.2) is 0 Å². The normalized spacial score (nSPS) is 19.9. The molecule has 0 spiro atoms. The molecule has 1 unspecified atom stereocenters. The molecule has 0 saturated carbocycles. The summed E-state index contributed by atoms with van der Waals surface area (Å²) in [6, 6.07) is 0.185. The molecule has 0 aromatic carbocycles. The van der Waals surface area contributed by atoms with Crippen LogP contribution in [-0.4, -0.2) is 48.9 Å². The number of amides is 2. The third-order valence-corrected chi connectivity index (χ3v) is 2.48. The van der Waals surface area contributed by atoms with Crippen LogP contribution in [0.1, 0.15) is 20.3 Å². The van der Waals surface area contributed by atoms with Gasteiger partial charge in [0.25, 0.3) is 0 Å². The summed E-state index contributed by atoms with van der Waals surface area (Å²) >= 11 is 0. The van der Waals surface area contributed by atoms with Crippen LogP contribution in [0.5, 0.6) is 0 Å². The number of nitrogens with zero attached hydrogens (tertiary/aromatic N) is 1. The molecule has 0 bridgehead atoms. The molecule has 0 radical (unpaired) electrons. The third kappa shape index (κ3) is 3.98. The minimum Gasteiger partial charge on any atom is -0.350 e. The van der Waals surface area contributed by atoms with Crippen LogP contribution >= 0.6 is 12.4 Å². The van der Waals surface area contributed by atoms with Crippen LogP contribution in [-0.2, 0) is 9.59 Å². The zero-order valence-corrected chi connectivity index (χ0v) is 10.8. The molecule has 2 N–H and O–H groups in total. The molecule has 0 aliphatic carbocycles. The summed E-state index contributed by atoms with van der Waals surface area (Å²) < 4.78 is 0. The van der Waals surface area contributed by atoms with E-state index in [0.717, 1.165) is 0 Å². The van der Waals surface area contributed by atoms with Crippen molar-refractivity contribution in [1.82, 2.24) is 15.5 Å². The van der Waals surface area contributed by atoms with Gasteiger partial charge >= 0.3 is 0 Å². The van der Waals surface area contributed by atoms with Gasteiger partial charge in [-0.3, -0.25) is 9.59 Å². The molecule has 1 aliphatic rings. The maximum absolute atomic E-state index is 11.5. The van der Waals surface area contributed by atoms with Gasteiger partial charge in [-0.1, -0.05) is 0 Å². The molecule has 1 heterocycles. The lowest BCUT2D eigenvalue weighted by Gasteiger charge is -2.21. The van der Waals surface area contributed by atoms with Crippen molar-refractivity contribution in [3.63, 3.8) is 0 Å². The summed E-state index contributed by atoms with van der Waals surface area (Å²) in [5.74, 6) is 0.0701. The number of rotatable bonds is 4. The monoisotopic (exact) mass is 249 g/mol. The number of hydrogen-bond acceptors (Lipinski definition) is 3. The summed E-state index contributed by atoms with van der Waals surface area (Å²) in [6.07, 6.45) is 0.424. The summed E-state index contributed by atoms with van der Waals surface area (Å²) in [7, 11) is 1.72. The molecular weight excluding hydrogens is 230 g/mol. The minimum absolute atomic E-state index is 0. The zero-order chi connectivity index (χ0) is 11.4. The van der Waals surface area contributed by atoms with Crippen molar-refractivity contribution in [2.45, 2.75) is 32.4 Å². The largest absolute Gasteiger partial charge is 0.350 e. The van der Waals surface area contributed by atoms with E-state index in [-0.39, 0.29) is 36.3 Å². The second-order valence-corrected chi connectivity index (χ2v) is 4.14. The van der Waals surface area contributed by atoms with Gasteiger partial charge in [0.05, 0.1) is 12.6 Å². The van der Waals surface area contributed by atoms with Gasteiger partial charge in [0.2, 0.25) is 11.8 Å². The fourth-order valence-electron chi connectivity index (χ4n) is 1.77. The van der Waals surface area contributed by atoms with Crippen LogP contribution in [0.3, 0.4) is 0 Å². The Bertz CT molecular complexity index is 258. The Labute approximate surface area is 102 Å². The lowest BCUT2D eigenvalue weighted by atomic mass is 10.2. The van der Waals surface area contributed by atoms with Crippen LogP contribution in [0.2, 0.25) is 0 Å². The minimum atomic E-state index is -0.0547. The van der Waals surface area contributed by atoms with Crippen LogP contribution in [0, 0.1) is 0 Å². The molecule has 0 aromatic rings. The van der Waals surface area contributed by atoms with E-state index < -0.39 is 0 Å². The van der Waals surface area contributed by atoms with Crippen molar-refractivity contribution in [1.29, 1.82) is 0 Å². The fraction of sp³-hybridized carbons (Fsp3) is 0.800. The van der Waals surface area contributed by atoms with E-state index in [1.807, 2.05) is 13.8 Å². The molecule has 6 heteroatoms. The topological polar surface area (TPSA) is 61.4 Å². The van der Waals surface area contributed by atoms with Crippen LogP contribution in [0.25, 0.3) is 0 Å². The smallest absolute Gasteiger partial charge is 0.234 e. The van der Waals surface area contributed by atoms with Gasteiger partial charge in [-0.05, 0) is 20.9 Å². The number of halogens is 1. The molecule has 16 heavy (non-hydrogen) atoms. The molecule has 1 aliphatic heterocycles. The standard InChI is InChI=1S/C10H19N3O2.ClH/c1-7(2)13-6-8(4-10(13)15)12-9(14)5-11-3;/h7-8,11H,4-6H2,1-3H3,(H,12,14);1H. The van der Waals surface area contributed by atoms with Gasteiger partial charge in [0.1, 0.15) is 0 Å². The molecule has 2 amide bonds. The summed E-state index contributed by atoms with van der Waals surface area (Å²) in [5.41, 5.74) is 0. The first kappa shape index (κ1) is 15.2. The number of carbonyl (C=O) groups excluding carboxylic acids is 2. The van der Waals surface area contributed by atoms with Crippen molar-refractivity contribution in [3.8, 4) is 0 Å². The lowest BCUT2D eigenvalue weighted by Crippen LogP contribution is -2.41. The van der Waals surface area contributed by atoms with Crippen molar-refractivity contribution >= 4 is 24.2 Å². The van der Waals surface area contributed by atoms with E-state index in [1.165, 1.54) is 0 Å². The van der Waals surface area contributed by atoms with Gasteiger partial charge in [-0.15, -0.1) is 12.4 Å². The van der Waals surface area contributed by atoms with E-state index in [4.69, 9.17) is 0 Å². The number of hydrogen-bond donors (Lipinski definition) is 2. The molecule has 0 aromatic heterocycles. The highest BCUT2D eigenvalue weighted by molar-refractivity contribution is 5.85. The Morgan fingerprint density at radius 1 is 1.56 bits per heavy atom. The average molecular weight is 250 g/mol. The number of nitrogens with one attached hydrogen (secondary N) is 2. The summed E-state index contributed by atoms with van der Waals surface area (Å²) in [5, 5.41) is 5.61. The molecular formula is C10H20ClN3O2. The van der Waals surface area contributed by atoms with Gasteiger partial charge in [0, 0.05) is 19.0 Å². The van der Waals surface area contributed by atoms with Crippen LogP contribution in [0.4, 0.5) is 0 Å². The predicted octanol–water partition coefficient (Wildman–Crippen LogP) is -0.247. The highest BCUT2D eigenvalue weighted by atomic mass is 35.5. The first-order valence-corrected chi connectivity index (χ1v) is 5.28. The van der Waals surface area contributed by atoms with E-state index in [1.54, 1.807) is 11.9 Å². The highest BCUT2D eigenvalue weighted by Gasteiger charge is 2.31. The zero-order valence-electron chi connectivity index (χ0n) is 9.95. The van der Waals surface area contributed by atoms with Crippen molar-refractivity contribution in [2.75, 3.05) is 20.1 Å². The van der Waals surface area contributed by atoms with Crippen LogP contribution in [0.15, 0.2) is 0 Å². The van der Waals surface area contributed by atoms with Gasteiger partial charge in [-0.2, -0.15) is 0 Å². The summed E-state index contributed by atoms with van der Waals surface area (Å²) in [6.45, 7) is 4.89.